The van der Waals surface area contributed by atoms with Gasteiger partial charge in [0.1, 0.15) is 0 Å². The van der Waals surface area contributed by atoms with Crippen molar-refractivity contribution in [2.24, 2.45) is 0 Å². The number of rotatable bonds is 6. The Morgan fingerprint density at radius 2 is 2.12 bits per heavy atom. The molecular formula is C11H20N2O3. The first-order valence-corrected chi connectivity index (χ1v) is 5.88. The maximum atomic E-state index is 11.5. The molecule has 1 fully saturated rings. The number of nitrogens with zero attached hydrogens (tertiary/aromatic N) is 1. The monoisotopic (exact) mass is 228 g/mol. The van der Waals surface area contributed by atoms with E-state index in [0.29, 0.717) is 19.6 Å². The van der Waals surface area contributed by atoms with Crippen molar-refractivity contribution in [3.8, 4) is 0 Å². The van der Waals surface area contributed by atoms with Gasteiger partial charge in [-0.05, 0) is 19.3 Å². The van der Waals surface area contributed by atoms with E-state index in [1.54, 1.807) is 0 Å². The average molecular weight is 228 g/mol. The van der Waals surface area contributed by atoms with Crippen molar-refractivity contribution >= 4 is 11.8 Å². The topological polar surface area (TPSA) is 58.6 Å². The third-order valence-corrected chi connectivity index (χ3v) is 2.47. The van der Waals surface area contributed by atoms with E-state index in [4.69, 9.17) is 4.84 Å². The molecule has 1 heterocycles. The molecule has 1 rings (SSSR count). The van der Waals surface area contributed by atoms with Crippen LogP contribution in [0.25, 0.3) is 0 Å². The Labute approximate surface area is 96.1 Å². The lowest BCUT2D eigenvalue weighted by atomic mass is 10.2. The minimum atomic E-state index is 0.00143. The Hall–Kier alpha value is -1.10. The van der Waals surface area contributed by atoms with E-state index in [-0.39, 0.29) is 11.8 Å². The van der Waals surface area contributed by atoms with Gasteiger partial charge in [-0.1, -0.05) is 6.42 Å². The molecule has 0 spiro atoms. The predicted octanol–water partition coefficient (Wildman–Crippen LogP) is 0.847. The van der Waals surface area contributed by atoms with Crippen LogP contribution >= 0.6 is 0 Å². The van der Waals surface area contributed by atoms with Crippen LogP contribution in [0.3, 0.4) is 0 Å². The van der Waals surface area contributed by atoms with Crippen LogP contribution < -0.4 is 5.32 Å². The number of carbonyl (C=O) groups excluding carboxylic acids is 2. The van der Waals surface area contributed by atoms with Crippen LogP contribution in [-0.4, -0.2) is 36.6 Å². The molecule has 1 aliphatic rings. The van der Waals surface area contributed by atoms with Gasteiger partial charge in [0.05, 0.1) is 13.2 Å². The molecule has 0 saturated carbocycles. The zero-order valence-electron chi connectivity index (χ0n) is 9.83. The Kier molecular flexibility index (Phi) is 5.85. The summed E-state index contributed by atoms with van der Waals surface area (Å²) in [6.07, 6.45) is 4.22. The molecule has 1 saturated heterocycles. The van der Waals surface area contributed by atoms with Gasteiger partial charge in [-0.2, -0.15) is 0 Å². The normalized spacial score (nSPS) is 15.2. The lowest BCUT2D eigenvalue weighted by Crippen LogP contribution is -2.26. The van der Waals surface area contributed by atoms with Crippen molar-refractivity contribution in [3.05, 3.63) is 0 Å². The van der Waals surface area contributed by atoms with E-state index in [0.717, 1.165) is 32.2 Å². The molecule has 1 N–H and O–H groups in total. The molecule has 0 aromatic heterocycles. The maximum absolute atomic E-state index is 11.5. The minimum Gasteiger partial charge on any atom is -0.356 e. The predicted molar refractivity (Wildman–Crippen MR) is 59.4 cm³/mol. The summed E-state index contributed by atoms with van der Waals surface area (Å²) in [7, 11) is 0. The Balaban J connectivity index is 1.94. The number of nitrogens with one attached hydrogen (secondary N) is 1. The maximum Gasteiger partial charge on any atom is 0.246 e. The summed E-state index contributed by atoms with van der Waals surface area (Å²) in [5, 5.41) is 4.20. The van der Waals surface area contributed by atoms with Crippen LogP contribution in [0.5, 0.6) is 0 Å². The zero-order chi connectivity index (χ0) is 11.8. The first-order chi connectivity index (χ1) is 7.70. The molecule has 5 nitrogen and oxygen atoms in total. The lowest BCUT2D eigenvalue weighted by Gasteiger charge is -2.13. The van der Waals surface area contributed by atoms with Crippen LogP contribution in [0.4, 0.5) is 0 Å². The van der Waals surface area contributed by atoms with E-state index in [1.165, 1.54) is 12.0 Å². The van der Waals surface area contributed by atoms with Crippen LogP contribution in [-0.2, 0) is 14.4 Å². The minimum absolute atomic E-state index is 0.00143. The molecule has 0 aliphatic carbocycles. The largest absolute Gasteiger partial charge is 0.356 e. The van der Waals surface area contributed by atoms with Crippen LogP contribution in [0.2, 0.25) is 0 Å². The number of carbonyl (C=O) groups is 2. The van der Waals surface area contributed by atoms with Crippen molar-refractivity contribution in [2.75, 3.05) is 19.7 Å². The molecule has 0 bridgehead atoms. The zero-order valence-corrected chi connectivity index (χ0v) is 9.83. The van der Waals surface area contributed by atoms with E-state index < -0.39 is 0 Å². The highest BCUT2D eigenvalue weighted by Gasteiger charge is 2.18. The summed E-state index contributed by atoms with van der Waals surface area (Å²) < 4.78 is 0. The number of hydroxylamine groups is 2. The number of hydrogen-bond acceptors (Lipinski definition) is 3. The summed E-state index contributed by atoms with van der Waals surface area (Å²) >= 11 is 0. The summed E-state index contributed by atoms with van der Waals surface area (Å²) in [6, 6.07) is 0. The smallest absolute Gasteiger partial charge is 0.246 e. The molecule has 0 unspecified atom stereocenters. The standard InChI is InChI=1S/C11H20N2O3/c1-10(14)12-7-4-2-3-6-11(15)13-8-5-9-16-13/h2-9H2,1H3,(H,12,14). The summed E-state index contributed by atoms with van der Waals surface area (Å²) in [5.41, 5.74) is 0. The third kappa shape index (κ3) is 5.11. The molecule has 2 amide bonds. The summed E-state index contributed by atoms with van der Waals surface area (Å²) in [4.78, 5) is 27.2. The highest BCUT2D eigenvalue weighted by Crippen LogP contribution is 2.09. The quantitative estimate of drug-likeness (QED) is 0.685. The van der Waals surface area contributed by atoms with Crippen molar-refractivity contribution in [1.29, 1.82) is 0 Å². The third-order valence-electron chi connectivity index (χ3n) is 2.47. The highest BCUT2D eigenvalue weighted by molar-refractivity contribution is 5.75. The molecule has 0 atom stereocenters. The molecule has 1 aliphatic heterocycles. The van der Waals surface area contributed by atoms with Gasteiger partial charge in [-0.3, -0.25) is 14.4 Å². The molecule has 0 aromatic rings. The fourth-order valence-corrected chi connectivity index (χ4v) is 1.61. The molecule has 5 heteroatoms. The Morgan fingerprint density at radius 1 is 1.31 bits per heavy atom. The summed E-state index contributed by atoms with van der Waals surface area (Å²) in [6.45, 7) is 3.59. The van der Waals surface area contributed by atoms with Gasteiger partial charge < -0.3 is 5.32 Å². The molecule has 16 heavy (non-hydrogen) atoms. The Bertz CT molecular complexity index is 237. The van der Waals surface area contributed by atoms with E-state index in [2.05, 4.69) is 5.32 Å². The van der Waals surface area contributed by atoms with Crippen LogP contribution in [0.1, 0.15) is 39.0 Å². The van der Waals surface area contributed by atoms with Crippen LogP contribution in [0, 0.1) is 0 Å². The van der Waals surface area contributed by atoms with Gasteiger partial charge in [-0.25, -0.2) is 5.06 Å². The average Bonchev–Trinajstić information content (AvgIpc) is 2.75. The summed E-state index contributed by atoms with van der Waals surface area (Å²) in [5.74, 6) is 0.0820. The van der Waals surface area contributed by atoms with Gasteiger partial charge in [-0.15, -0.1) is 0 Å². The lowest BCUT2D eigenvalue weighted by molar-refractivity contribution is -0.168. The number of unbranched alkanes of at least 4 members (excludes halogenated alkanes) is 2. The second-order valence-electron chi connectivity index (χ2n) is 3.98. The van der Waals surface area contributed by atoms with Crippen molar-refractivity contribution in [3.63, 3.8) is 0 Å². The molecule has 0 aromatic carbocycles. The van der Waals surface area contributed by atoms with Crippen molar-refractivity contribution < 1.29 is 14.4 Å². The SMILES string of the molecule is CC(=O)NCCCCCC(=O)N1CCCO1. The second-order valence-corrected chi connectivity index (χ2v) is 3.98. The first kappa shape index (κ1) is 13.0. The molecular weight excluding hydrogens is 208 g/mol. The van der Waals surface area contributed by atoms with E-state index in [9.17, 15) is 9.59 Å². The van der Waals surface area contributed by atoms with Gasteiger partial charge >= 0.3 is 0 Å². The van der Waals surface area contributed by atoms with Crippen molar-refractivity contribution in [2.45, 2.75) is 39.0 Å². The molecule has 92 valence electrons. The number of hydrogen-bond donors (Lipinski definition) is 1. The van der Waals surface area contributed by atoms with Gasteiger partial charge in [0.2, 0.25) is 11.8 Å². The fourth-order valence-electron chi connectivity index (χ4n) is 1.61. The van der Waals surface area contributed by atoms with Gasteiger partial charge in [0, 0.05) is 19.9 Å². The second kappa shape index (κ2) is 7.22. The van der Waals surface area contributed by atoms with E-state index >= 15 is 0 Å². The van der Waals surface area contributed by atoms with E-state index in [1.807, 2.05) is 0 Å². The highest BCUT2D eigenvalue weighted by atomic mass is 16.7. The fraction of sp³-hybridized carbons (Fsp3) is 0.818. The first-order valence-electron chi connectivity index (χ1n) is 5.88. The Morgan fingerprint density at radius 3 is 2.75 bits per heavy atom. The van der Waals surface area contributed by atoms with Crippen LogP contribution in [0.15, 0.2) is 0 Å². The van der Waals surface area contributed by atoms with Gasteiger partial charge in [0.25, 0.3) is 0 Å². The van der Waals surface area contributed by atoms with Crippen molar-refractivity contribution in [1.82, 2.24) is 10.4 Å². The van der Waals surface area contributed by atoms with Gasteiger partial charge in [0.15, 0.2) is 0 Å². The molecule has 0 radical (unpaired) electrons. The number of amides is 2.